The Morgan fingerprint density at radius 2 is 1.83 bits per heavy atom. The van der Waals surface area contributed by atoms with Crippen LogP contribution in [-0.2, 0) is 14.8 Å². The van der Waals surface area contributed by atoms with Crippen LogP contribution in [0.4, 0.5) is 0 Å². The zero-order valence-electron chi connectivity index (χ0n) is 19.3. The highest BCUT2D eigenvalue weighted by atomic mass is 32.2. The van der Waals surface area contributed by atoms with Crippen molar-refractivity contribution in [1.82, 2.24) is 14.4 Å². The van der Waals surface area contributed by atoms with Gasteiger partial charge in [0, 0.05) is 25.0 Å². The zero-order chi connectivity index (χ0) is 24.7. The largest absolute Gasteiger partial charge is 0.494 e. The van der Waals surface area contributed by atoms with Gasteiger partial charge in [0.25, 0.3) is 15.9 Å². The van der Waals surface area contributed by atoms with E-state index in [4.69, 9.17) is 9.94 Å². The summed E-state index contributed by atoms with van der Waals surface area (Å²) < 4.78 is 33.0. The van der Waals surface area contributed by atoms with Crippen molar-refractivity contribution < 1.29 is 23.2 Å². The number of nitrogens with one attached hydrogen (secondary N) is 1. The third-order valence-corrected chi connectivity index (χ3v) is 7.56. The average molecular weight is 496 g/mol. The van der Waals surface area contributed by atoms with Crippen molar-refractivity contribution in [1.29, 1.82) is 0 Å². The van der Waals surface area contributed by atoms with Gasteiger partial charge in [-0.15, -0.1) is 0 Å². The van der Waals surface area contributed by atoms with Crippen molar-refractivity contribution in [2.24, 2.45) is 0 Å². The molecule has 8 nitrogen and oxygen atoms in total. The fourth-order valence-corrected chi connectivity index (χ4v) is 5.25. The fourth-order valence-electron chi connectivity index (χ4n) is 4.04. The normalized spacial score (nSPS) is 14.4. The molecule has 0 unspecified atom stereocenters. The summed E-state index contributed by atoms with van der Waals surface area (Å²) in [6, 6.07) is 16.0. The molecule has 9 heteroatoms. The van der Waals surface area contributed by atoms with Crippen LogP contribution in [0.2, 0.25) is 0 Å². The van der Waals surface area contributed by atoms with Crippen LogP contribution in [0.1, 0.15) is 24.8 Å². The van der Waals surface area contributed by atoms with E-state index in [1.54, 1.807) is 30.3 Å². The van der Waals surface area contributed by atoms with Crippen LogP contribution in [-0.4, -0.2) is 54.6 Å². The Balaban J connectivity index is 1.40. The number of hydrogen-bond acceptors (Lipinski definition) is 6. The lowest BCUT2D eigenvalue weighted by atomic mass is 10.1. The maximum Gasteiger partial charge on any atom is 0.267 e. The second-order valence-electron chi connectivity index (χ2n) is 8.39. The van der Waals surface area contributed by atoms with Crippen LogP contribution in [0.25, 0.3) is 17.2 Å². The van der Waals surface area contributed by atoms with Gasteiger partial charge in [-0.05, 0) is 85.5 Å². The molecular formula is C26H29N3O5S. The summed E-state index contributed by atoms with van der Waals surface area (Å²) in [7, 11) is -3.79. The van der Waals surface area contributed by atoms with Gasteiger partial charge in [-0.3, -0.25) is 10.0 Å². The highest BCUT2D eigenvalue weighted by Gasteiger charge is 2.17. The number of hydrogen-bond donors (Lipinski definition) is 2. The molecule has 1 aromatic heterocycles. The van der Waals surface area contributed by atoms with Crippen molar-refractivity contribution >= 4 is 22.0 Å². The second kappa shape index (κ2) is 11.4. The van der Waals surface area contributed by atoms with Crippen molar-refractivity contribution in [3.63, 3.8) is 0 Å². The summed E-state index contributed by atoms with van der Waals surface area (Å²) >= 11 is 0. The molecule has 0 spiro atoms. The van der Waals surface area contributed by atoms with Gasteiger partial charge in [0.05, 0.1) is 11.5 Å². The Kier molecular flexibility index (Phi) is 8.02. The van der Waals surface area contributed by atoms with Crippen LogP contribution >= 0.6 is 0 Å². The molecule has 184 valence electrons. The first-order valence-electron chi connectivity index (χ1n) is 11.6. The minimum atomic E-state index is -3.79. The molecule has 1 fully saturated rings. The lowest BCUT2D eigenvalue weighted by Gasteiger charge is -2.14. The summed E-state index contributed by atoms with van der Waals surface area (Å²) in [4.78, 5) is 13.7. The number of aromatic nitrogens is 1. The average Bonchev–Trinajstić information content (AvgIpc) is 3.58. The molecule has 1 aliphatic heterocycles. The van der Waals surface area contributed by atoms with E-state index < -0.39 is 15.9 Å². The van der Waals surface area contributed by atoms with Gasteiger partial charge in [-0.25, -0.2) is 17.9 Å². The van der Waals surface area contributed by atoms with Crippen molar-refractivity contribution in [2.45, 2.75) is 24.2 Å². The number of carbonyl (C=O) groups excluding carboxylic acids is 1. The molecule has 2 N–H and O–H groups in total. The third-order valence-electron chi connectivity index (χ3n) is 5.91. The van der Waals surface area contributed by atoms with Crippen LogP contribution < -0.4 is 10.2 Å². The Morgan fingerprint density at radius 3 is 2.57 bits per heavy atom. The Morgan fingerprint density at radius 1 is 1.06 bits per heavy atom. The first-order valence-corrected chi connectivity index (χ1v) is 13.0. The van der Waals surface area contributed by atoms with Gasteiger partial charge in [-0.2, -0.15) is 0 Å². The molecule has 4 rings (SSSR count). The smallest absolute Gasteiger partial charge is 0.267 e. The summed E-state index contributed by atoms with van der Waals surface area (Å²) in [6.07, 6.45) is 8.88. The molecule has 1 saturated heterocycles. The van der Waals surface area contributed by atoms with Crippen LogP contribution in [0.5, 0.6) is 5.75 Å². The van der Waals surface area contributed by atoms with Gasteiger partial charge < -0.3 is 9.64 Å². The fraction of sp³-hybridized carbons (Fsp3) is 0.269. The Bertz CT molecular complexity index is 1280. The first kappa shape index (κ1) is 24.7. The number of hydroxylamine groups is 1. The maximum atomic E-state index is 13.0. The van der Waals surface area contributed by atoms with E-state index in [2.05, 4.69) is 4.90 Å². The molecule has 1 aliphatic rings. The predicted molar refractivity (Wildman–Crippen MR) is 134 cm³/mol. The van der Waals surface area contributed by atoms with E-state index in [1.165, 1.54) is 49.9 Å². The molecule has 3 aromatic rings. The monoisotopic (exact) mass is 495 g/mol. The van der Waals surface area contributed by atoms with Gasteiger partial charge in [0.15, 0.2) is 0 Å². The van der Waals surface area contributed by atoms with Crippen molar-refractivity contribution in [3.8, 4) is 16.9 Å². The van der Waals surface area contributed by atoms with E-state index >= 15 is 0 Å². The lowest BCUT2D eigenvalue weighted by Crippen LogP contribution is -2.21. The van der Waals surface area contributed by atoms with Gasteiger partial charge in [0.2, 0.25) is 0 Å². The summed E-state index contributed by atoms with van der Waals surface area (Å²) in [5, 5.41) is 8.54. The van der Waals surface area contributed by atoms with Crippen LogP contribution in [0.15, 0.2) is 78.0 Å². The number of likely N-dealkylation sites (tertiary alicyclic amines) is 1. The van der Waals surface area contributed by atoms with E-state index in [-0.39, 0.29) is 4.90 Å². The zero-order valence-corrected chi connectivity index (χ0v) is 20.2. The number of ether oxygens (including phenoxy) is 1. The SMILES string of the molecule is O=C(C=Cc1ccn(S(=O)(=O)c2ccc(-c3cccc(OCCCN4CCCC4)c3)cc2)c1)NO. The molecule has 0 atom stereocenters. The maximum absolute atomic E-state index is 13.0. The van der Waals surface area contributed by atoms with Crippen LogP contribution in [0.3, 0.4) is 0 Å². The summed E-state index contributed by atoms with van der Waals surface area (Å²) in [5.74, 6) is 0.0937. The molecule has 2 heterocycles. The molecule has 0 radical (unpaired) electrons. The molecule has 0 bridgehead atoms. The van der Waals surface area contributed by atoms with Gasteiger partial charge in [0.1, 0.15) is 5.75 Å². The van der Waals surface area contributed by atoms with Crippen molar-refractivity contribution in [2.75, 3.05) is 26.2 Å². The lowest BCUT2D eigenvalue weighted by molar-refractivity contribution is -0.124. The minimum absolute atomic E-state index is 0.148. The standard InChI is InChI=1S/C26H29N3O5S/c30-26(27-31)12-7-21-13-17-29(20-21)35(32,33)25-10-8-22(9-11-25)23-5-3-6-24(19-23)34-18-4-16-28-14-1-2-15-28/h3,5-13,17,19-20,31H,1-2,4,14-16,18H2,(H,27,30). The number of rotatable bonds is 10. The third kappa shape index (κ3) is 6.39. The number of carbonyl (C=O) groups is 1. The highest BCUT2D eigenvalue weighted by Crippen LogP contribution is 2.26. The molecule has 0 aliphatic carbocycles. The summed E-state index contributed by atoms with van der Waals surface area (Å²) in [5.41, 5.74) is 3.82. The van der Waals surface area contributed by atoms with E-state index in [0.29, 0.717) is 12.2 Å². The summed E-state index contributed by atoms with van der Waals surface area (Å²) in [6.45, 7) is 4.10. The van der Waals surface area contributed by atoms with Gasteiger partial charge >= 0.3 is 0 Å². The topological polar surface area (TPSA) is 101 Å². The quantitative estimate of drug-likeness (QED) is 0.192. The number of amides is 1. The predicted octanol–water partition coefficient (Wildman–Crippen LogP) is 3.78. The molecule has 2 aromatic carbocycles. The van der Waals surface area contributed by atoms with Gasteiger partial charge in [-0.1, -0.05) is 24.3 Å². The molecule has 1 amide bonds. The second-order valence-corrected chi connectivity index (χ2v) is 10.2. The van der Waals surface area contributed by atoms with E-state index in [0.717, 1.165) is 39.9 Å². The Hall–Kier alpha value is -3.40. The molecule has 35 heavy (non-hydrogen) atoms. The number of nitrogens with zero attached hydrogens (tertiary/aromatic N) is 2. The first-order chi connectivity index (χ1) is 17.0. The number of benzene rings is 2. The molecule has 0 saturated carbocycles. The van der Waals surface area contributed by atoms with E-state index in [1.807, 2.05) is 24.3 Å². The van der Waals surface area contributed by atoms with Crippen molar-refractivity contribution in [3.05, 3.63) is 78.6 Å². The Labute approximate surface area is 205 Å². The van der Waals surface area contributed by atoms with Crippen LogP contribution in [0, 0.1) is 0 Å². The minimum Gasteiger partial charge on any atom is -0.494 e. The van der Waals surface area contributed by atoms with E-state index in [9.17, 15) is 13.2 Å². The molecular weight excluding hydrogens is 466 g/mol. The highest BCUT2D eigenvalue weighted by molar-refractivity contribution is 7.90.